The van der Waals surface area contributed by atoms with Crippen molar-refractivity contribution < 1.29 is 23.6 Å². The van der Waals surface area contributed by atoms with Gasteiger partial charge in [-0.1, -0.05) is 11.2 Å². The number of rotatable bonds is 4. The van der Waals surface area contributed by atoms with E-state index in [1.807, 2.05) is 0 Å². The minimum atomic E-state index is -0.712. The van der Waals surface area contributed by atoms with Crippen molar-refractivity contribution >= 4 is 29.1 Å². The van der Waals surface area contributed by atoms with E-state index in [0.29, 0.717) is 16.3 Å². The van der Waals surface area contributed by atoms with Gasteiger partial charge in [0.2, 0.25) is 0 Å². The van der Waals surface area contributed by atoms with E-state index < -0.39 is 24.4 Å². The van der Waals surface area contributed by atoms with Crippen molar-refractivity contribution in [2.24, 2.45) is 0 Å². The highest BCUT2D eigenvalue weighted by Gasteiger charge is 2.20. The van der Waals surface area contributed by atoms with Gasteiger partial charge in [-0.05, 0) is 25.3 Å². The Kier molecular flexibility index (Phi) is 4.89. The minimum Gasteiger partial charge on any atom is -0.452 e. The first-order valence-corrected chi connectivity index (χ1v) is 7.09. The number of esters is 1. The lowest BCUT2D eigenvalue weighted by molar-refractivity contribution is -0.125. The van der Waals surface area contributed by atoms with Crippen LogP contribution in [-0.4, -0.2) is 29.5 Å². The summed E-state index contributed by atoms with van der Waals surface area (Å²) < 4.78 is 9.67. The van der Waals surface area contributed by atoms with Crippen LogP contribution in [-0.2, 0) is 9.53 Å². The number of aromatic nitrogens is 1. The summed E-state index contributed by atoms with van der Waals surface area (Å²) in [6.07, 6.45) is 0. The molecule has 0 aliphatic carbocycles. The summed E-state index contributed by atoms with van der Waals surface area (Å²) in [6.45, 7) is 2.62. The number of carbonyl (C=O) groups is 3. The normalized spacial score (nSPS) is 10.1. The topological polar surface area (TPSA) is 111 Å². The number of aryl methyl sites for hydroxylation is 2. The molecule has 0 saturated heterocycles. The zero-order valence-electron chi connectivity index (χ0n) is 11.8. The summed E-state index contributed by atoms with van der Waals surface area (Å²) in [5.74, 6) is -1.50. The van der Waals surface area contributed by atoms with Gasteiger partial charge in [-0.15, -0.1) is 11.3 Å². The first-order chi connectivity index (χ1) is 10.5. The Hall–Kier alpha value is -2.68. The smallest absolute Gasteiger partial charge is 0.344 e. The first kappa shape index (κ1) is 15.7. The Bertz CT molecular complexity index is 673. The van der Waals surface area contributed by atoms with Gasteiger partial charge >= 0.3 is 5.97 Å². The average molecular weight is 323 g/mol. The molecule has 2 aromatic heterocycles. The zero-order chi connectivity index (χ0) is 16.1. The highest BCUT2D eigenvalue weighted by Crippen LogP contribution is 2.13. The summed E-state index contributed by atoms with van der Waals surface area (Å²) in [4.78, 5) is 35.3. The van der Waals surface area contributed by atoms with Crippen LogP contribution in [0.3, 0.4) is 0 Å². The number of thiophene rings is 1. The number of hydrogen-bond donors (Lipinski definition) is 2. The SMILES string of the molecule is Cc1noc(C)c1C(=O)OCC(=O)NNC(=O)c1cccs1. The molecule has 2 heterocycles. The monoisotopic (exact) mass is 323 g/mol. The Morgan fingerprint density at radius 3 is 2.68 bits per heavy atom. The highest BCUT2D eigenvalue weighted by molar-refractivity contribution is 7.12. The number of nitrogens with zero attached hydrogens (tertiary/aromatic N) is 1. The third-order valence-electron chi connectivity index (χ3n) is 2.63. The van der Waals surface area contributed by atoms with E-state index in [9.17, 15) is 14.4 Å². The summed E-state index contributed by atoms with van der Waals surface area (Å²) in [6, 6.07) is 3.33. The molecule has 0 atom stereocenters. The standard InChI is InChI=1S/C13H13N3O5S/c1-7-11(8(2)21-16-7)13(19)20-6-10(17)14-15-12(18)9-4-3-5-22-9/h3-5H,6H2,1-2H3,(H,14,17)(H,15,18). The number of carbonyl (C=O) groups excluding carboxylic acids is 3. The van der Waals surface area contributed by atoms with E-state index in [2.05, 4.69) is 16.0 Å². The second-order valence-corrected chi connectivity index (χ2v) is 5.20. The quantitative estimate of drug-likeness (QED) is 0.641. The molecular formula is C13H13N3O5S. The number of hydrazine groups is 1. The van der Waals surface area contributed by atoms with Gasteiger partial charge in [0.25, 0.3) is 11.8 Å². The van der Waals surface area contributed by atoms with E-state index in [4.69, 9.17) is 9.26 Å². The molecule has 8 nitrogen and oxygen atoms in total. The third kappa shape index (κ3) is 3.70. The fourth-order valence-corrected chi connectivity index (χ4v) is 2.23. The maximum Gasteiger partial charge on any atom is 0.344 e. The molecule has 2 aromatic rings. The van der Waals surface area contributed by atoms with E-state index in [1.165, 1.54) is 11.3 Å². The van der Waals surface area contributed by atoms with Crippen molar-refractivity contribution in [1.82, 2.24) is 16.0 Å². The van der Waals surface area contributed by atoms with Crippen LogP contribution >= 0.6 is 11.3 Å². The number of ether oxygens (including phenoxy) is 1. The lowest BCUT2D eigenvalue weighted by Gasteiger charge is -2.07. The fraction of sp³-hybridized carbons (Fsp3) is 0.231. The molecule has 0 radical (unpaired) electrons. The van der Waals surface area contributed by atoms with Gasteiger partial charge in [-0.25, -0.2) is 4.79 Å². The first-order valence-electron chi connectivity index (χ1n) is 6.21. The highest BCUT2D eigenvalue weighted by atomic mass is 32.1. The van der Waals surface area contributed by atoms with E-state index in [1.54, 1.807) is 31.4 Å². The number of nitrogens with one attached hydrogen (secondary N) is 2. The van der Waals surface area contributed by atoms with Gasteiger partial charge in [0.1, 0.15) is 11.3 Å². The van der Waals surface area contributed by atoms with Crippen molar-refractivity contribution in [3.05, 3.63) is 39.4 Å². The molecule has 0 aliphatic rings. The largest absolute Gasteiger partial charge is 0.452 e. The van der Waals surface area contributed by atoms with Crippen LogP contribution in [0.2, 0.25) is 0 Å². The van der Waals surface area contributed by atoms with E-state index in [-0.39, 0.29) is 5.56 Å². The molecule has 22 heavy (non-hydrogen) atoms. The lowest BCUT2D eigenvalue weighted by Crippen LogP contribution is -2.43. The number of hydrogen-bond acceptors (Lipinski definition) is 7. The van der Waals surface area contributed by atoms with Crippen LogP contribution in [0.15, 0.2) is 22.0 Å². The molecule has 0 bridgehead atoms. The Morgan fingerprint density at radius 2 is 2.09 bits per heavy atom. The van der Waals surface area contributed by atoms with Gasteiger partial charge in [0, 0.05) is 0 Å². The van der Waals surface area contributed by atoms with Crippen molar-refractivity contribution in [3.63, 3.8) is 0 Å². The van der Waals surface area contributed by atoms with Crippen LogP contribution in [0.5, 0.6) is 0 Å². The van der Waals surface area contributed by atoms with Crippen LogP contribution < -0.4 is 10.9 Å². The average Bonchev–Trinajstić information content (AvgIpc) is 3.12. The maximum absolute atomic E-state index is 11.8. The molecule has 0 saturated carbocycles. The fourth-order valence-electron chi connectivity index (χ4n) is 1.61. The predicted octanol–water partition coefficient (Wildman–Crippen LogP) is 0.971. The molecule has 116 valence electrons. The van der Waals surface area contributed by atoms with Gasteiger partial charge < -0.3 is 9.26 Å². The third-order valence-corrected chi connectivity index (χ3v) is 3.50. The summed E-state index contributed by atoms with van der Waals surface area (Å²) in [7, 11) is 0. The van der Waals surface area contributed by atoms with E-state index in [0.717, 1.165) is 0 Å². The van der Waals surface area contributed by atoms with Gasteiger partial charge in [0.05, 0.1) is 10.6 Å². The molecule has 0 fully saturated rings. The van der Waals surface area contributed by atoms with E-state index >= 15 is 0 Å². The molecule has 0 spiro atoms. The molecule has 2 rings (SSSR count). The van der Waals surface area contributed by atoms with Gasteiger partial charge in [0.15, 0.2) is 6.61 Å². The van der Waals surface area contributed by atoms with Crippen LogP contribution in [0.1, 0.15) is 31.5 Å². The number of amides is 2. The molecule has 0 unspecified atom stereocenters. The zero-order valence-corrected chi connectivity index (χ0v) is 12.7. The Balaban J connectivity index is 1.78. The maximum atomic E-state index is 11.8. The van der Waals surface area contributed by atoms with Crippen LogP contribution in [0.4, 0.5) is 0 Å². The summed E-state index contributed by atoms with van der Waals surface area (Å²) in [5.41, 5.74) is 4.94. The molecule has 0 aromatic carbocycles. The van der Waals surface area contributed by atoms with Gasteiger partial charge in [-0.3, -0.25) is 20.4 Å². The second-order valence-electron chi connectivity index (χ2n) is 4.25. The van der Waals surface area contributed by atoms with Crippen molar-refractivity contribution in [2.45, 2.75) is 13.8 Å². The second kappa shape index (κ2) is 6.85. The Labute approximate surface area is 129 Å². The lowest BCUT2D eigenvalue weighted by atomic mass is 10.2. The molecule has 0 aliphatic heterocycles. The summed E-state index contributed by atoms with van der Waals surface area (Å²) >= 11 is 1.24. The minimum absolute atomic E-state index is 0.190. The summed E-state index contributed by atoms with van der Waals surface area (Å²) in [5, 5.41) is 5.36. The van der Waals surface area contributed by atoms with Crippen molar-refractivity contribution in [2.75, 3.05) is 6.61 Å². The van der Waals surface area contributed by atoms with Crippen LogP contribution in [0.25, 0.3) is 0 Å². The molecule has 9 heteroatoms. The van der Waals surface area contributed by atoms with Crippen molar-refractivity contribution in [3.8, 4) is 0 Å². The molecular weight excluding hydrogens is 310 g/mol. The van der Waals surface area contributed by atoms with Gasteiger partial charge in [-0.2, -0.15) is 0 Å². The van der Waals surface area contributed by atoms with Crippen molar-refractivity contribution in [1.29, 1.82) is 0 Å². The Morgan fingerprint density at radius 1 is 1.32 bits per heavy atom. The molecule has 2 amide bonds. The van der Waals surface area contributed by atoms with Crippen LogP contribution in [0, 0.1) is 13.8 Å². The molecule has 2 N–H and O–H groups in total. The predicted molar refractivity (Wildman–Crippen MR) is 76.2 cm³/mol.